The van der Waals surface area contributed by atoms with Crippen LogP contribution >= 0.6 is 0 Å². The number of rotatable bonds is 12. The van der Waals surface area contributed by atoms with Gasteiger partial charge in [0.15, 0.2) is 0 Å². The van der Waals surface area contributed by atoms with Crippen molar-refractivity contribution in [3.63, 3.8) is 0 Å². The van der Waals surface area contributed by atoms with Gasteiger partial charge in [0.2, 0.25) is 5.82 Å². The first-order valence-electron chi connectivity index (χ1n) is 12.7. The summed E-state index contributed by atoms with van der Waals surface area (Å²) in [5, 5.41) is 13.8. The highest BCUT2D eigenvalue weighted by Gasteiger charge is 2.36. The van der Waals surface area contributed by atoms with Crippen molar-refractivity contribution in [3.05, 3.63) is 53.1 Å². The third-order valence-electron chi connectivity index (χ3n) is 6.78. The fourth-order valence-corrected chi connectivity index (χ4v) is 5.17. The van der Waals surface area contributed by atoms with Crippen molar-refractivity contribution in [1.29, 1.82) is 5.26 Å². The van der Waals surface area contributed by atoms with Gasteiger partial charge in [-0.25, -0.2) is 0 Å². The summed E-state index contributed by atoms with van der Waals surface area (Å²) >= 11 is 0. The second-order valence-corrected chi connectivity index (χ2v) is 9.74. The molecule has 2 unspecified atom stereocenters. The van der Waals surface area contributed by atoms with E-state index in [2.05, 4.69) is 34.2 Å². The number of nitrogens with zero attached hydrogens (tertiary/aromatic N) is 4. The Balaban J connectivity index is 1.62. The van der Waals surface area contributed by atoms with Gasteiger partial charge in [0.05, 0.1) is 11.7 Å². The Morgan fingerprint density at radius 1 is 1.22 bits per heavy atom. The zero-order valence-electron chi connectivity index (χ0n) is 21.5. The van der Waals surface area contributed by atoms with E-state index in [0.717, 1.165) is 49.5 Å². The van der Waals surface area contributed by atoms with Crippen LogP contribution in [0.4, 0.5) is 0 Å². The summed E-state index contributed by atoms with van der Waals surface area (Å²) in [6, 6.07) is 13.6. The number of aldehydes is 2. The Morgan fingerprint density at radius 2 is 2.05 bits per heavy atom. The highest BCUT2D eigenvalue weighted by atomic mass is 16.5. The molecule has 0 bridgehead atoms. The molecule has 0 N–H and O–H groups in total. The number of carbonyl (C=O) groups is 2. The van der Waals surface area contributed by atoms with Gasteiger partial charge in [-0.2, -0.15) is 10.2 Å². The van der Waals surface area contributed by atoms with Gasteiger partial charge in [-0.1, -0.05) is 23.4 Å². The average molecular weight is 501 g/mol. The van der Waals surface area contributed by atoms with Crippen LogP contribution in [0.3, 0.4) is 0 Å². The summed E-state index contributed by atoms with van der Waals surface area (Å²) in [7, 11) is 2.08. The summed E-state index contributed by atoms with van der Waals surface area (Å²) in [4.78, 5) is 29.1. The SMILES string of the molecule is CC(C)Oc1ccc(-c2nc(-c3cccc4c3CC(CC=O)C4N(C)CCCCC=O)no2)cc1C#N. The van der Waals surface area contributed by atoms with Crippen LogP contribution < -0.4 is 4.74 Å². The Labute approximate surface area is 217 Å². The van der Waals surface area contributed by atoms with Crippen LogP contribution in [0.1, 0.15) is 62.3 Å². The summed E-state index contributed by atoms with van der Waals surface area (Å²) in [6.07, 6.45) is 5.48. The number of hydrogen-bond donors (Lipinski definition) is 0. The maximum atomic E-state index is 11.5. The summed E-state index contributed by atoms with van der Waals surface area (Å²) in [5.74, 6) is 1.48. The largest absolute Gasteiger partial charge is 0.490 e. The molecule has 3 aromatic rings. The Bertz CT molecular complexity index is 1290. The first-order chi connectivity index (χ1) is 18.0. The first kappa shape index (κ1) is 26.2. The molecule has 8 heteroatoms. The van der Waals surface area contributed by atoms with Crippen molar-refractivity contribution in [2.45, 2.75) is 58.1 Å². The summed E-state index contributed by atoms with van der Waals surface area (Å²) in [6.45, 7) is 4.67. The van der Waals surface area contributed by atoms with Crippen LogP contribution in [0, 0.1) is 17.2 Å². The molecular weight excluding hydrogens is 468 g/mol. The number of hydrogen-bond acceptors (Lipinski definition) is 8. The predicted octanol–water partition coefficient (Wildman–Crippen LogP) is 5.17. The molecule has 2 aromatic carbocycles. The molecule has 1 aliphatic rings. The zero-order valence-corrected chi connectivity index (χ0v) is 21.5. The van der Waals surface area contributed by atoms with E-state index in [1.807, 2.05) is 26.0 Å². The number of aromatic nitrogens is 2. The summed E-state index contributed by atoms with van der Waals surface area (Å²) < 4.78 is 11.3. The topological polar surface area (TPSA) is 109 Å². The van der Waals surface area contributed by atoms with Gasteiger partial charge >= 0.3 is 0 Å². The van der Waals surface area contributed by atoms with E-state index in [4.69, 9.17) is 9.26 Å². The molecule has 8 nitrogen and oxygen atoms in total. The fourth-order valence-electron chi connectivity index (χ4n) is 5.17. The van der Waals surface area contributed by atoms with Crippen molar-refractivity contribution >= 4 is 12.6 Å². The number of ether oxygens (including phenoxy) is 1. The second-order valence-electron chi connectivity index (χ2n) is 9.74. The van der Waals surface area contributed by atoms with E-state index in [1.165, 1.54) is 5.56 Å². The highest BCUT2D eigenvalue weighted by molar-refractivity contribution is 5.67. The Kier molecular flexibility index (Phi) is 8.47. The zero-order chi connectivity index (χ0) is 26.4. The van der Waals surface area contributed by atoms with Gasteiger partial charge in [-0.05, 0) is 81.9 Å². The van der Waals surface area contributed by atoms with Crippen LogP contribution in [0.5, 0.6) is 5.75 Å². The van der Waals surface area contributed by atoms with Crippen molar-refractivity contribution in [2.24, 2.45) is 5.92 Å². The van der Waals surface area contributed by atoms with Crippen LogP contribution in [0.15, 0.2) is 40.9 Å². The number of fused-ring (bicyclic) bond motifs is 1. The summed E-state index contributed by atoms with van der Waals surface area (Å²) in [5.41, 5.74) is 4.24. The number of unbranched alkanes of at least 4 members (excludes halogenated alkanes) is 2. The third-order valence-corrected chi connectivity index (χ3v) is 6.78. The van der Waals surface area contributed by atoms with E-state index in [0.29, 0.717) is 41.4 Å². The quantitative estimate of drug-likeness (QED) is 0.248. The average Bonchev–Trinajstić information content (AvgIpc) is 3.52. The second kappa shape index (κ2) is 11.9. The molecule has 0 radical (unpaired) electrons. The van der Waals surface area contributed by atoms with E-state index in [-0.39, 0.29) is 18.1 Å². The van der Waals surface area contributed by atoms with E-state index < -0.39 is 0 Å². The van der Waals surface area contributed by atoms with Gasteiger partial charge in [-0.3, -0.25) is 4.90 Å². The lowest BCUT2D eigenvalue weighted by Gasteiger charge is -2.29. The van der Waals surface area contributed by atoms with E-state index in [1.54, 1.807) is 18.2 Å². The van der Waals surface area contributed by atoms with Crippen LogP contribution in [-0.4, -0.2) is 47.3 Å². The smallest absolute Gasteiger partial charge is 0.258 e. The molecular formula is C29H32N4O4. The third kappa shape index (κ3) is 5.78. The minimum atomic E-state index is -0.0459. The first-order valence-corrected chi connectivity index (χ1v) is 12.7. The maximum absolute atomic E-state index is 11.5. The van der Waals surface area contributed by atoms with Gasteiger partial charge in [0, 0.05) is 30.0 Å². The molecule has 1 aromatic heterocycles. The van der Waals surface area contributed by atoms with Crippen molar-refractivity contribution in [3.8, 4) is 34.7 Å². The molecule has 2 atom stereocenters. The lowest BCUT2D eigenvalue weighted by molar-refractivity contribution is -0.109. The molecule has 0 spiro atoms. The standard InChI is InChI=1S/C29H32N4O4/c1-19(2)36-26-11-10-21(16-22(26)18-30)29-31-28(32-37-29)24-9-7-8-23-25(24)17-20(12-15-35)27(23)33(3)13-5-4-6-14-34/h7-11,14-16,19-20,27H,4-6,12-13,17H2,1-3H3. The monoisotopic (exact) mass is 500 g/mol. The van der Waals surface area contributed by atoms with Crippen molar-refractivity contribution < 1.29 is 18.8 Å². The number of carbonyl (C=O) groups excluding carboxylic acids is 2. The van der Waals surface area contributed by atoms with Crippen molar-refractivity contribution in [1.82, 2.24) is 15.0 Å². The van der Waals surface area contributed by atoms with Crippen LogP contribution in [0.25, 0.3) is 22.8 Å². The normalized spacial score (nSPS) is 16.5. The van der Waals surface area contributed by atoms with Gasteiger partial charge in [0.25, 0.3) is 5.89 Å². The van der Waals surface area contributed by atoms with Gasteiger partial charge in [-0.15, -0.1) is 0 Å². The van der Waals surface area contributed by atoms with Crippen LogP contribution in [-0.2, 0) is 16.0 Å². The molecule has 0 saturated heterocycles. The number of nitriles is 1. The lowest BCUT2D eigenvalue weighted by Crippen LogP contribution is -2.29. The molecule has 0 aliphatic heterocycles. The molecule has 0 fully saturated rings. The molecule has 1 heterocycles. The maximum Gasteiger partial charge on any atom is 0.258 e. The van der Waals surface area contributed by atoms with Gasteiger partial charge < -0.3 is 18.8 Å². The molecule has 4 rings (SSSR count). The molecule has 1 aliphatic carbocycles. The van der Waals surface area contributed by atoms with Crippen molar-refractivity contribution in [2.75, 3.05) is 13.6 Å². The predicted molar refractivity (Wildman–Crippen MR) is 139 cm³/mol. The molecule has 37 heavy (non-hydrogen) atoms. The fraction of sp³-hybridized carbons (Fsp3) is 0.414. The van der Waals surface area contributed by atoms with E-state index in [9.17, 15) is 14.9 Å². The Hall–Kier alpha value is -3.83. The van der Waals surface area contributed by atoms with Gasteiger partial charge in [0.1, 0.15) is 24.4 Å². The number of benzene rings is 2. The Morgan fingerprint density at radius 3 is 2.78 bits per heavy atom. The minimum Gasteiger partial charge on any atom is -0.490 e. The lowest BCUT2D eigenvalue weighted by atomic mass is 9.96. The van der Waals surface area contributed by atoms with E-state index >= 15 is 0 Å². The molecule has 0 saturated carbocycles. The highest BCUT2D eigenvalue weighted by Crippen LogP contribution is 2.44. The van der Waals surface area contributed by atoms with Crippen LogP contribution in [0.2, 0.25) is 0 Å². The molecule has 0 amide bonds. The molecule has 192 valence electrons. The minimum absolute atomic E-state index is 0.0459.